The first kappa shape index (κ1) is 15.0. The van der Waals surface area contributed by atoms with E-state index >= 15 is 0 Å². The Morgan fingerprint density at radius 3 is 2.77 bits per heavy atom. The smallest absolute Gasteiger partial charge is 0.248 e. The molecule has 0 atom stereocenters. The number of amides is 1. The summed E-state index contributed by atoms with van der Waals surface area (Å²) in [6.45, 7) is 6.72. The van der Waals surface area contributed by atoms with E-state index in [1.165, 1.54) is 0 Å². The van der Waals surface area contributed by atoms with Gasteiger partial charge in [-0.3, -0.25) is 9.69 Å². The predicted octanol–water partition coefficient (Wildman–Crippen LogP) is 1.24. The van der Waals surface area contributed by atoms with Gasteiger partial charge in [0.05, 0.1) is 17.6 Å². The number of rotatable bonds is 5. The highest BCUT2D eigenvalue weighted by Crippen LogP contribution is 2.13. The van der Waals surface area contributed by atoms with E-state index in [2.05, 4.69) is 14.9 Å². The lowest BCUT2D eigenvalue weighted by atomic mass is 10.3. The molecular formula is C16H22N4O2. The zero-order valence-electron chi connectivity index (χ0n) is 12.9. The first-order valence-corrected chi connectivity index (χ1v) is 7.77. The Morgan fingerprint density at radius 2 is 2.05 bits per heavy atom. The van der Waals surface area contributed by atoms with Gasteiger partial charge >= 0.3 is 0 Å². The highest BCUT2D eigenvalue weighted by molar-refractivity contribution is 5.77. The van der Waals surface area contributed by atoms with Crippen molar-refractivity contribution in [1.82, 2.24) is 19.8 Å². The standard InChI is InChI=1S/C16H22N4O2/c1-2-22-12-16(21)20-9-7-19(8-10-20)11-15-17-13-5-3-4-6-14(13)18-15/h3-6H,2,7-12H2,1H3,(H,17,18). The number of aromatic nitrogens is 2. The van der Waals surface area contributed by atoms with Crippen LogP contribution in [-0.2, 0) is 16.1 Å². The average Bonchev–Trinajstić information content (AvgIpc) is 2.95. The summed E-state index contributed by atoms with van der Waals surface area (Å²) in [5.74, 6) is 1.07. The molecule has 0 saturated carbocycles. The van der Waals surface area contributed by atoms with E-state index < -0.39 is 0 Å². The maximum Gasteiger partial charge on any atom is 0.248 e. The fourth-order valence-electron chi connectivity index (χ4n) is 2.73. The number of fused-ring (bicyclic) bond motifs is 1. The van der Waals surface area contributed by atoms with Gasteiger partial charge in [-0.15, -0.1) is 0 Å². The summed E-state index contributed by atoms with van der Waals surface area (Å²) >= 11 is 0. The number of carbonyl (C=O) groups is 1. The summed E-state index contributed by atoms with van der Waals surface area (Å²) in [4.78, 5) is 24.1. The van der Waals surface area contributed by atoms with Crippen molar-refractivity contribution in [3.8, 4) is 0 Å². The van der Waals surface area contributed by atoms with Crippen molar-refractivity contribution in [3.05, 3.63) is 30.1 Å². The number of H-pyrrole nitrogens is 1. The van der Waals surface area contributed by atoms with E-state index in [0.29, 0.717) is 6.61 Å². The van der Waals surface area contributed by atoms with E-state index in [0.717, 1.165) is 49.6 Å². The minimum atomic E-state index is 0.0882. The van der Waals surface area contributed by atoms with E-state index in [-0.39, 0.29) is 12.5 Å². The third kappa shape index (κ3) is 3.45. The highest BCUT2D eigenvalue weighted by Gasteiger charge is 2.21. The van der Waals surface area contributed by atoms with Gasteiger partial charge in [-0.1, -0.05) is 12.1 Å². The molecule has 118 valence electrons. The fraction of sp³-hybridized carbons (Fsp3) is 0.500. The van der Waals surface area contributed by atoms with Gasteiger partial charge in [-0.05, 0) is 19.1 Å². The number of nitrogens with one attached hydrogen (secondary N) is 1. The van der Waals surface area contributed by atoms with Gasteiger partial charge in [0.25, 0.3) is 0 Å². The second kappa shape index (κ2) is 6.89. The van der Waals surface area contributed by atoms with E-state index in [1.807, 2.05) is 36.1 Å². The van der Waals surface area contributed by atoms with Crippen LogP contribution in [0.15, 0.2) is 24.3 Å². The van der Waals surface area contributed by atoms with Crippen molar-refractivity contribution < 1.29 is 9.53 Å². The number of hydrogen-bond donors (Lipinski definition) is 1. The number of piperazine rings is 1. The van der Waals surface area contributed by atoms with Gasteiger partial charge in [0, 0.05) is 32.8 Å². The molecule has 1 aromatic carbocycles. The van der Waals surface area contributed by atoms with Crippen LogP contribution in [0.3, 0.4) is 0 Å². The topological polar surface area (TPSA) is 61.5 Å². The SMILES string of the molecule is CCOCC(=O)N1CCN(Cc2nc3ccccc3[nH]2)CC1. The molecule has 2 aromatic rings. The molecule has 0 aliphatic carbocycles. The summed E-state index contributed by atoms with van der Waals surface area (Å²) in [5.41, 5.74) is 2.08. The van der Waals surface area contributed by atoms with E-state index in [1.54, 1.807) is 0 Å². The third-order valence-corrected chi connectivity index (χ3v) is 3.97. The molecule has 22 heavy (non-hydrogen) atoms. The zero-order valence-corrected chi connectivity index (χ0v) is 12.9. The molecule has 1 saturated heterocycles. The van der Waals surface area contributed by atoms with Crippen LogP contribution in [0.5, 0.6) is 0 Å². The molecule has 1 amide bonds. The number of carbonyl (C=O) groups excluding carboxylic acids is 1. The van der Waals surface area contributed by atoms with Crippen LogP contribution in [0.2, 0.25) is 0 Å². The van der Waals surface area contributed by atoms with Crippen LogP contribution in [0.25, 0.3) is 11.0 Å². The number of aromatic amines is 1. The Bertz CT molecular complexity index is 599. The number of para-hydroxylation sites is 2. The van der Waals surface area contributed by atoms with Gasteiger partial charge in [-0.25, -0.2) is 4.98 Å². The number of nitrogens with zero attached hydrogens (tertiary/aromatic N) is 3. The average molecular weight is 302 g/mol. The maximum absolute atomic E-state index is 11.9. The fourth-order valence-corrected chi connectivity index (χ4v) is 2.73. The lowest BCUT2D eigenvalue weighted by molar-refractivity contribution is -0.137. The minimum Gasteiger partial charge on any atom is -0.372 e. The van der Waals surface area contributed by atoms with Gasteiger partial charge in [0.1, 0.15) is 12.4 Å². The predicted molar refractivity (Wildman–Crippen MR) is 84.4 cm³/mol. The van der Waals surface area contributed by atoms with E-state index in [9.17, 15) is 4.79 Å². The molecule has 0 spiro atoms. The van der Waals surface area contributed by atoms with Gasteiger partial charge in [0.2, 0.25) is 5.91 Å². The summed E-state index contributed by atoms with van der Waals surface area (Å²) < 4.78 is 5.18. The quantitative estimate of drug-likeness (QED) is 0.903. The molecule has 1 N–H and O–H groups in total. The molecule has 0 bridgehead atoms. The monoisotopic (exact) mass is 302 g/mol. The molecule has 1 aromatic heterocycles. The van der Waals surface area contributed by atoms with Crippen molar-refractivity contribution in [2.24, 2.45) is 0 Å². The normalized spacial score (nSPS) is 16.3. The van der Waals surface area contributed by atoms with Gasteiger partial charge in [-0.2, -0.15) is 0 Å². The van der Waals surface area contributed by atoms with Gasteiger partial charge in [0.15, 0.2) is 0 Å². The van der Waals surface area contributed by atoms with Crippen LogP contribution >= 0.6 is 0 Å². The minimum absolute atomic E-state index is 0.0882. The second-order valence-corrected chi connectivity index (χ2v) is 5.49. The largest absolute Gasteiger partial charge is 0.372 e. The van der Waals surface area contributed by atoms with E-state index in [4.69, 9.17) is 4.74 Å². The van der Waals surface area contributed by atoms with Crippen LogP contribution in [0.1, 0.15) is 12.7 Å². The Morgan fingerprint density at radius 1 is 1.27 bits per heavy atom. The lowest BCUT2D eigenvalue weighted by Crippen LogP contribution is -2.49. The maximum atomic E-state index is 11.9. The first-order valence-electron chi connectivity index (χ1n) is 7.77. The number of imidazole rings is 1. The molecule has 0 radical (unpaired) electrons. The molecule has 0 unspecified atom stereocenters. The van der Waals surface area contributed by atoms with Crippen molar-refractivity contribution >= 4 is 16.9 Å². The molecule has 3 rings (SSSR count). The Hall–Kier alpha value is -1.92. The van der Waals surface area contributed by atoms with Crippen molar-refractivity contribution in [2.75, 3.05) is 39.4 Å². The molecule has 6 nitrogen and oxygen atoms in total. The lowest BCUT2D eigenvalue weighted by Gasteiger charge is -2.34. The number of hydrogen-bond acceptors (Lipinski definition) is 4. The highest BCUT2D eigenvalue weighted by atomic mass is 16.5. The third-order valence-electron chi connectivity index (χ3n) is 3.97. The molecule has 2 heterocycles. The molecule has 1 aliphatic heterocycles. The van der Waals surface area contributed by atoms with Crippen LogP contribution in [-0.4, -0.2) is 65.1 Å². The van der Waals surface area contributed by atoms with Crippen LogP contribution < -0.4 is 0 Å². The summed E-state index contributed by atoms with van der Waals surface area (Å²) in [6, 6.07) is 8.05. The molecule has 1 aliphatic rings. The Labute approximate surface area is 130 Å². The van der Waals surface area contributed by atoms with Crippen molar-refractivity contribution in [2.45, 2.75) is 13.5 Å². The Balaban J connectivity index is 1.52. The summed E-state index contributed by atoms with van der Waals surface area (Å²) in [6.07, 6.45) is 0. The second-order valence-electron chi connectivity index (χ2n) is 5.49. The summed E-state index contributed by atoms with van der Waals surface area (Å²) in [5, 5.41) is 0. The number of ether oxygens (including phenoxy) is 1. The zero-order chi connectivity index (χ0) is 15.4. The van der Waals surface area contributed by atoms with Crippen molar-refractivity contribution in [3.63, 3.8) is 0 Å². The molecular weight excluding hydrogens is 280 g/mol. The Kier molecular flexibility index (Phi) is 4.70. The van der Waals surface area contributed by atoms with Crippen LogP contribution in [0.4, 0.5) is 0 Å². The summed E-state index contributed by atoms with van der Waals surface area (Å²) in [7, 11) is 0. The van der Waals surface area contributed by atoms with Crippen molar-refractivity contribution in [1.29, 1.82) is 0 Å². The molecule has 1 fully saturated rings. The first-order chi connectivity index (χ1) is 10.8. The molecule has 6 heteroatoms. The van der Waals surface area contributed by atoms with Crippen LogP contribution in [0, 0.1) is 0 Å². The van der Waals surface area contributed by atoms with Gasteiger partial charge < -0.3 is 14.6 Å². The number of benzene rings is 1.